The van der Waals surface area contributed by atoms with Gasteiger partial charge in [0.05, 0.1) is 18.8 Å². The van der Waals surface area contributed by atoms with Gasteiger partial charge in [-0.2, -0.15) is 5.10 Å². The Morgan fingerprint density at radius 3 is 2.47 bits per heavy atom. The number of anilines is 3. The number of imidazole rings is 1. The molecule has 53 heavy (non-hydrogen) atoms. The predicted octanol–water partition coefficient (Wildman–Crippen LogP) is 6.53. The van der Waals surface area contributed by atoms with Crippen LogP contribution >= 0.6 is 0 Å². The molecule has 3 aromatic heterocycles. The molecular weight excluding hydrogens is 682 g/mol. The number of nitrogens with zero attached hydrogens (tertiary/aromatic N) is 8. The second-order valence-corrected chi connectivity index (χ2v) is 15.6. The molecule has 0 N–H and O–H groups in total. The van der Waals surface area contributed by atoms with Crippen LogP contribution in [0, 0.1) is 0 Å². The van der Waals surface area contributed by atoms with Gasteiger partial charge in [0.25, 0.3) is 6.43 Å². The summed E-state index contributed by atoms with van der Waals surface area (Å²) in [5.74, 6) is 1.67. The Balaban J connectivity index is 1.10. The number of piperazine rings is 1. The van der Waals surface area contributed by atoms with Crippen LogP contribution in [0.3, 0.4) is 0 Å². The maximum absolute atomic E-state index is 15.1. The Bertz CT molecular complexity index is 2020. The lowest BCUT2D eigenvalue weighted by Gasteiger charge is -2.36. The number of carbonyl (C=O) groups is 2. The monoisotopic (exact) mass is 730 g/mol. The van der Waals surface area contributed by atoms with Crippen LogP contribution in [-0.2, 0) is 33.7 Å². The number of hydrogen-bond donors (Lipinski definition) is 0. The topological polar surface area (TPSA) is 101 Å². The van der Waals surface area contributed by atoms with Crippen LogP contribution < -0.4 is 9.80 Å². The molecule has 2 amide bonds. The third-order valence-electron chi connectivity index (χ3n) is 11.0. The number of carbonyl (C=O) groups excluding carboxylic acids is 2. The van der Waals surface area contributed by atoms with E-state index >= 15 is 8.78 Å². The molecule has 0 unspecified atom stereocenters. The molecule has 4 aromatic rings. The van der Waals surface area contributed by atoms with Crippen LogP contribution in [0.1, 0.15) is 81.8 Å². The second kappa shape index (κ2) is 13.9. The van der Waals surface area contributed by atoms with E-state index in [-0.39, 0.29) is 23.6 Å². The summed E-state index contributed by atoms with van der Waals surface area (Å²) in [7, 11) is 0. The minimum atomic E-state index is -2.70. The lowest BCUT2D eigenvalue weighted by molar-refractivity contribution is -0.129. The van der Waals surface area contributed by atoms with Gasteiger partial charge in [-0.05, 0) is 87.4 Å². The van der Waals surface area contributed by atoms with Gasteiger partial charge >= 0.3 is 6.09 Å². The summed E-state index contributed by atoms with van der Waals surface area (Å²) in [4.78, 5) is 37.6. The van der Waals surface area contributed by atoms with E-state index in [4.69, 9.17) is 14.6 Å². The Labute approximate surface area is 308 Å². The zero-order valence-corrected chi connectivity index (χ0v) is 31.0. The Morgan fingerprint density at radius 1 is 0.981 bits per heavy atom. The smallest absolute Gasteiger partial charge is 0.410 e. The molecule has 4 aliphatic rings. The molecule has 0 radical (unpaired) electrons. The molecule has 12 nitrogen and oxygen atoms in total. The van der Waals surface area contributed by atoms with E-state index < -0.39 is 12.0 Å². The fourth-order valence-corrected chi connectivity index (χ4v) is 8.26. The van der Waals surface area contributed by atoms with Gasteiger partial charge in [0, 0.05) is 94.5 Å². The molecule has 2 saturated heterocycles. The van der Waals surface area contributed by atoms with Crippen molar-refractivity contribution < 1.29 is 27.8 Å². The lowest BCUT2D eigenvalue weighted by atomic mass is 9.92. The van der Waals surface area contributed by atoms with E-state index in [1.165, 1.54) is 0 Å². The average Bonchev–Trinajstić information content (AvgIpc) is 3.75. The molecule has 1 aromatic carbocycles. The van der Waals surface area contributed by atoms with Gasteiger partial charge in [0.2, 0.25) is 5.91 Å². The van der Waals surface area contributed by atoms with Crippen LogP contribution in [0.5, 0.6) is 0 Å². The minimum absolute atomic E-state index is 0.0198. The fourth-order valence-electron chi connectivity index (χ4n) is 8.26. The first-order valence-electron chi connectivity index (χ1n) is 18.8. The summed E-state index contributed by atoms with van der Waals surface area (Å²) >= 11 is 0. The number of aromatic nitrogens is 4. The molecule has 282 valence electrons. The van der Waals surface area contributed by atoms with E-state index in [1.54, 1.807) is 24.1 Å². The van der Waals surface area contributed by atoms with Gasteiger partial charge in [-0.15, -0.1) is 0 Å². The molecule has 14 heteroatoms. The zero-order chi connectivity index (χ0) is 37.0. The first-order valence-corrected chi connectivity index (χ1v) is 18.8. The van der Waals surface area contributed by atoms with Crippen molar-refractivity contribution >= 4 is 35.0 Å². The van der Waals surface area contributed by atoms with Crippen LogP contribution in [0.4, 0.5) is 30.9 Å². The van der Waals surface area contributed by atoms with Crippen LogP contribution in [0.25, 0.3) is 16.8 Å². The molecule has 0 spiro atoms. The maximum atomic E-state index is 15.1. The Kier molecular flexibility index (Phi) is 9.28. The van der Waals surface area contributed by atoms with Gasteiger partial charge in [0.1, 0.15) is 17.1 Å². The van der Waals surface area contributed by atoms with Crippen molar-refractivity contribution in [3.8, 4) is 11.1 Å². The second-order valence-electron chi connectivity index (χ2n) is 15.6. The molecule has 0 bridgehead atoms. The van der Waals surface area contributed by atoms with E-state index in [1.807, 2.05) is 54.5 Å². The highest BCUT2D eigenvalue weighted by Gasteiger charge is 2.34. The average molecular weight is 731 g/mol. The van der Waals surface area contributed by atoms with E-state index in [0.717, 1.165) is 59.8 Å². The summed E-state index contributed by atoms with van der Waals surface area (Å²) in [6, 6.07) is 7.55. The summed E-state index contributed by atoms with van der Waals surface area (Å²) in [6.45, 7) is 12.6. The van der Waals surface area contributed by atoms with Crippen molar-refractivity contribution in [1.29, 1.82) is 0 Å². The third kappa shape index (κ3) is 6.81. The molecule has 0 aliphatic carbocycles. The largest absolute Gasteiger partial charge is 0.444 e. The zero-order valence-electron chi connectivity index (χ0n) is 31.0. The van der Waals surface area contributed by atoms with Gasteiger partial charge in [-0.1, -0.05) is 0 Å². The number of benzene rings is 1. The van der Waals surface area contributed by atoms with Crippen LogP contribution in [0.15, 0.2) is 36.7 Å². The number of ether oxygens (including phenoxy) is 2. The minimum Gasteiger partial charge on any atom is -0.444 e. The van der Waals surface area contributed by atoms with E-state index in [2.05, 4.69) is 19.5 Å². The number of hydrogen-bond acceptors (Lipinski definition) is 8. The molecule has 2 fully saturated rings. The molecule has 0 saturated carbocycles. The Morgan fingerprint density at radius 2 is 1.75 bits per heavy atom. The van der Waals surface area contributed by atoms with Crippen molar-refractivity contribution in [3.63, 3.8) is 0 Å². The first kappa shape index (κ1) is 35.3. The van der Waals surface area contributed by atoms with Crippen molar-refractivity contribution in [2.45, 2.75) is 84.4 Å². The van der Waals surface area contributed by atoms with Gasteiger partial charge in [0.15, 0.2) is 5.82 Å². The Hall–Kier alpha value is -4.72. The molecule has 7 heterocycles. The number of fused-ring (bicyclic) bond motifs is 3. The number of amides is 2. The summed E-state index contributed by atoms with van der Waals surface area (Å²) < 4.78 is 45.4. The molecule has 8 rings (SSSR count). The van der Waals surface area contributed by atoms with Crippen molar-refractivity contribution in [3.05, 3.63) is 59.0 Å². The number of pyridine rings is 1. The fraction of sp³-hybridized carbons (Fsp3) is 0.538. The highest BCUT2D eigenvalue weighted by molar-refractivity contribution is 5.79. The third-order valence-corrected chi connectivity index (χ3v) is 11.0. The van der Waals surface area contributed by atoms with Gasteiger partial charge in [-0.25, -0.2) is 18.6 Å². The molecular formula is C39H48F2N8O4. The SMILES string of the molecule is CC(=O)N1CCc2c(c(N3CCCc4cc(-c5ccn6c(N7CCN(C(=O)OC(C)(C)C)CC7)cnc6c5)c(C(F)F)cc43)nn2C2CCOCC2)C1. The quantitative estimate of drug-likeness (QED) is 0.229. The van der Waals surface area contributed by atoms with Crippen molar-refractivity contribution in [1.82, 2.24) is 29.0 Å². The molecule has 4 aliphatic heterocycles. The van der Waals surface area contributed by atoms with Gasteiger partial charge < -0.3 is 29.1 Å². The number of alkyl halides is 2. The standard InChI is InChI=1S/C39H48F2N8O4/c1-25(50)46-12-8-32-31(24-46)37(43-49(32)28-9-18-52-19-10-28)47-11-5-6-27-20-29(30(36(40)41)22-33(27)47)26-7-13-48-34(21-26)42-23-35(48)44-14-16-45(17-15-44)38(51)53-39(2,3)4/h7,13,20-23,28,36H,5-6,8-12,14-19,24H2,1-4H3. The number of aryl methyl sites for hydroxylation is 1. The first-order chi connectivity index (χ1) is 25.4. The van der Waals surface area contributed by atoms with Crippen LogP contribution in [-0.4, -0.2) is 99.0 Å². The maximum Gasteiger partial charge on any atom is 0.410 e. The number of halogens is 2. The van der Waals surface area contributed by atoms with Crippen molar-refractivity contribution in [2.24, 2.45) is 0 Å². The summed E-state index contributed by atoms with van der Waals surface area (Å²) in [6.07, 6.45) is 4.73. The van der Waals surface area contributed by atoms with E-state index in [9.17, 15) is 9.59 Å². The van der Waals surface area contributed by atoms with Crippen LogP contribution in [0.2, 0.25) is 0 Å². The highest BCUT2D eigenvalue weighted by Crippen LogP contribution is 2.44. The van der Waals surface area contributed by atoms with E-state index in [0.29, 0.717) is 82.2 Å². The van der Waals surface area contributed by atoms with Gasteiger partial charge in [-0.3, -0.25) is 13.9 Å². The highest BCUT2D eigenvalue weighted by atomic mass is 19.3. The molecule has 0 atom stereocenters. The lowest BCUT2D eigenvalue weighted by Crippen LogP contribution is -2.50. The summed E-state index contributed by atoms with van der Waals surface area (Å²) in [5.41, 5.74) is 5.15. The summed E-state index contributed by atoms with van der Waals surface area (Å²) in [5, 5.41) is 5.21. The normalized spacial score (nSPS) is 18.5. The predicted molar refractivity (Wildman–Crippen MR) is 197 cm³/mol. The number of rotatable bonds is 5. The van der Waals surface area contributed by atoms with Crippen molar-refractivity contribution in [2.75, 3.05) is 62.3 Å².